The molecule has 0 radical (unpaired) electrons. The van der Waals surface area contributed by atoms with Crippen LogP contribution in [0.2, 0.25) is 0 Å². The van der Waals surface area contributed by atoms with Gasteiger partial charge in [-0.15, -0.1) is 0 Å². The van der Waals surface area contributed by atoms with E-state index in [2.05, 4.69) is 69.2 Å². The lowest BCUT2D eigenvalue weighted by atomic mass is 9.47. The Kier molecular flexibility index (Phi) is 7.56. The van der Waals surface area contributed by atoms with Crippen molar-refractivity contribution in [2.24, 2.45) is 34.5 Å². The van der Waals surface area contributed by atoms with Crippen molar-refractivity contribution in [3.63, 3.8) is 0 Å². The summed E-state index contributed by atoms with van der Waals surface area (Å²) < 4.78 is 0.264. The average molecular weight is 647 g/mol. The monoisotopic (exact) mass is 646 g/mol. The van der Waals surface area contributed by atoms with E-state index in [1.165, 1.54) is 32.1 Å². The lowest BCUT2D eigenvalue weighted by Gasteiger charge is -2.60. The van der Waals surface area contributed by atoms with E-state index in [1.807, 2.05) is 6.07 Å². The van der Waals surface area contributed by atoms with Crippen LogP contribution in [0.5, 0.6) is 0 Å². The van der Waals surface area contributed by atoms with E-state index in [-0.39, 0.29) is 9.53 Å². The molecule has 0 spiro atoms. The minimum atomic E-state index is -0.130. The van der Waals surface area contributed by atoms with Crippen LogP contribution in [0, 0.1) is 34.5 Å². The number of piperazine rings is 1. The van der Waals surface area contributed by atoms with Gasteiger partial charge in [-0.2, -0.15) is 0 Å². The molecular formula is C32H47IN4O2. The highest BCUT2D eigenvalue weighted by Crippen LogP contribution is 2.70. The second kappa shape index (κ2) is 10.6. The molecule has 1 amide bonds. The lowest BCUT2D eigenvalue weighted by Crippen LogP contribution is -2.54. The van der Waals surface area contributed by atoms with Crippen molar-refractivity contribution in [3.05, 3.63) is 30.2 Å². The molecule has 1 saturated heterocycles. The molecule has 2 heterocycles. The van der Waals surface area contributed by atoms with E-state index < -0.39 is 0 Å². The number of alkyl halides is 1. The summed E-state index contributed by atoms with van der Waals surface area (Å²) >= 11 is 2.87. The maximum atomic E-state index is 13.3. The number of carbonyl (C=O) groups is 1. The minimum absolute atomic E-state index is 0.130. The molecule has 7 heteroatoms. The predicted molar refractivity (Wildman–Crippen MR) is 164 cm³/mol. The third kappa shape index (κ3) is 4.65. The summed E-state index contributed by atoms with van der Waals surface area (Å²) in [6, 6.07) is 1.95. The molecule has 0 bridgehead atoms. The third-order valence-electron chi connectivity index (χ3n) is 12.3. The Hall–Kier alpha value is -1.22. The van der Waals surface area contributed by atoms with Crippen molar-refractivity contribution < 1.29 is 9.90 Å². The number of aromatic nitrogens is 2. The molecule has 4 fully saturated rings. The van der Waals surface area contributed by atoms with E-state index in [4.69, 9.17) is 0 Å². The van der Waals surface area contributed by atoms with Gasteiger partial charge in [0.25, 0.3) is 0 Å². The van der Waals surface area contributed by atoms with E-state index in [9.17, 15) is 9.90 Å². The Balaban J connectivity index is 1.08. The van der Waals surface area contributed by atoms with Gasteiger partial charge in [0.05, 0.1) is 6.10 Å². The Bertz CT molecular complexity index is 1090. The van der Waals surface area contributed by atoms with Crippen molar-refractivity contribution in [1.29, 1.82) is 0 Å². The van der Waals surface area contributed by atoms with Gasteiger partial charge in [0.1, 0.15) is 12.1 Å². The van der Waals surface area contributed by atoms with Gasteiger partial charge in [-0.1, -0.05) is 55.0 Å². The van der Waals surface area contributed by atoms with Crippen LogP contribution in [0.3, 0.4) is 0 Å². The second-order valence-electron chi connectivity index (χ2n) is 13.9. The van der Waals surface area contributed by atoms with Crippen LogP contribution in [0.15, 0.2) is 30.2 Å². The highest BCUT2D eigenvalue weighted by atomic mass is 127. The van der Waals surface area contributed by atoms with Crippen LogP contribution >= 0.6 is 22.6 Å². The second-order valence-corrected chi connectivity index (χ2v) is 15.8. The number of allylic oxidation sites excluding steroid dienone is 1. The fourth-order valence-electron chi connectivity index (χ4n) is 9.85. The number of aliphatic hydroxyl groups is 1. The molecule has 0 aromatic carbocycles. The van der Waals surface area contributed by atoms with Crippen LogP contribution < -0.4 is 4.90 Å². The SMILES string of the molecule is C[C@H](CCC(=O)N1CCN(c2ccncn2)CC1)[C@@]1(I)CC[C@H]2[C@@H]3CC=C4C[C@@H](O)CC[C@]4(C)[C@H]3CC[C@@]21C. The first-order chi connectivity index (χ1) is 18.7. The number of aliphatic hydroxyl groups excluding tert-OH is 1. The van der Waals surface area contributed by atoms with E-state index in [0.717, 1.165) is 75.4 Å². The predicted octanol–water partition coefficient (Wildman–Crippen LogP) is 6.04. The number of halogens is 1. The van der Waals surface area contributed by atoms with Gasteiger partial charge >= 0.3 is 0 Å². The summed E-state index contributed by atoms with van der Waals surface area (Å²) in [6.45, 7) is 10.8. The Labute approximate surface area is 248 Å². The number of fused-ring (bicyclic) bond motifs is 5. The molecule has 8 atom stereocenters. The molecule has 5 aliphatic rings. The molecule has 6 nitrogen and oxygen atoms in total. The number of nitrogens with zero attached hydrogens (tertiary/aromatic N) is 4. The molecular weight excluding hydrogens is 599 g/mol. The largest absolute Gasteiger partial charge is 0.393 e. The molecule has 214 valence electrons. The van der Waals surface area contributed by atoms with Gasteiger partial charge < -0.3 is 14.9 Å². The van der Waals surface area contributed by atoms with Crippen molar-refractivity contribution >= 4 is 34.3 Å². The molecule has 1 aliphatic heterocycles. The van der Waals surface area contributed by atoms with Gasteiger partial charge in [-0.05, 0) is 98.4 Å². The van der Waals surface area contributed by atoms with Crippen molar-refractivity contribution in [2.75, 3.05) is 31.1 Å². The Morgan fingerprint density at radius 3 is 2.64 bits per heavy atom. The molecule has 3 saturated carbocycles. The molecule has 6 rings (SSSR count). The highest BCUT2D eigenvalue weighted by molar-refractivity contribution is 14.1. The quantitative estimate of drug-likeness (QED) is 0.240. The zero-order chi connectivity index (χ0) is 27.4. The average Bonchev–Trinajstić information content (AvgIpc) is 3.24. The summed E-state index contributed by atoms with van der Waals surface area (Å²) in [4.78, 5) is 26.0. The van der Waals surface area contributed by atoms with Crippen LogP contribution in [-0.2, 0) is 4.79 Å². The van der Waals surface area contributed by atoms with Crippen LogP contribution in [0.25, 0.3) is 0 Å². The van der Waals surface area contributed by atoms with Crippen LogP contribution in [-0.4, -0.2) is 61.6 Å². The van der Waals surface area contributed by atoms with E-state index in [1.54, 1.807) is 18.1 Å². The summed E-state index contributed by atoms with van der Waals surface area (Å²) in [5.41, 5.74) is 2.21. The minimum Gasteiger partial charge on any atom is -0.393 e. The normalized spacial score (nSPS) is 40.8. The summed E-state index contributed by atoms with van der Waals surface area (Å²) in [5, 5.41) is 10.3. The number of carbonyl (C=O) groups excluding carboxylic acids is 1. The zero-order valence-corrected chi connectivity index (χ0v) is 26.3. The first kappa shape index (κ1) is 27.9. The standard InChI is InChI=1S/C32H47IN4O2/c1-22(4-7-29(39)37-18-16-36(17-19-37)28-11-15-34-21-35-28)32(33)14-10-27-25-6-5-23-20-24(38)8-12-30(23,2)26(25)9-13-31(27,32)3/h5,11,15,21-22,24-27,38H,4,6-10,12-14,16-20H2,1-3H3/t22-,24+,25-,26+,27+,30+,31+,32+/m1/s1. The fourth-order valence-corrected chi connectivity index (χ4v) is 11.1. The number of amides is 1. The molecule has 0 unspecified atom stereocenters. The van der Waals surface area contributed by atoms with Gasteiger partial charge in [-0.25, -0.2) is 9.97 Å². The molecule has 4 aliphatic carbocycles. The number of rotatable bonds is 5. The maximum absolute atomic E-state index is 13.3. The molecule has 39 heavy (non-hydrogen) atoms. The van der Waals surface area contributed by atoms with Crippen molar-refractivity contribution in [1.82, 2.24) is 14.9 Å². The Morgan fingerprint density at radius 2 is 1.90 bits per heavy atom. The third-order valence-corrected chi connectivity index (χ3v) is 15.2. The molecule has 1 N–H and O–H groups in total. The summed E-state index contributed by atoms with van der Waals surface area (Å²) in [7, 11) is 0. The first-order valence-electron chi connectivity index (χ1n) is 15.5. The van der Waals surface area contributed by atoms with Crippen LogP contribution in [0.1, 0.15) is 85.0 Å². The number of anilines is 1. The highest BCUT2D eigenvalue weighted by Gasteiger charge is 2.64. The van der Waals surface area contributed by atoms with Crippen LogP contribution in [0.4, 0.5) is 5.82 Å². The van der Waals surface area contributed by atoms with E-state index in [0.29, 0.717) is 29.1 Å². The zero-order valence-electron chi connectivity index (χ0n) is 24.1. The first-order valence-corrected chi connectivity index (χ1v) is 16.6. The van der Waals surface area contributed by atoms with Gasteiger partial charge in [0.15, 0.2) is 0 Å². The van der Waals surface area contributed by atoms with E-state index >= 15 is 0 Å². The number of hydrogen-bond acceptors (Lipinski definition) is 5. The van der Waals surface area contributed by atoms with Crippen molar-refractivity contribution in [2.45, 2.75) is 94.5 Å². The van der Waals surface area contributed by atoms with Crippen molar-refractivity contribution in [3.8, 4) is 0 Å². The van der Waals surface area contributed by atoms with Gasteiger partial charge in [0.2, 0.25) is 5.91 Å². The Morgan fingerprint density at radius 1 is 1.13 bits per heavy atom. The van der Waals surface area contributed by atoms with Gasteiger partial charge in [-0.3, -0.25) is 4.79 Å². The molecule has 1 aromatic rings. The topological polar surface area (TPSA) is 69.6 Å². The lowest BCUT2D eigenvalue weighted by molar-refractivity contribution is -0.132. The summed E-state index contributed by atoms with van der Waals surface area (Å²) in [5.74, 6) is 4.15. The fraction of sp³-hybridized carbons (Fsp3) is 0.781. The summed E-state index contributed by atoms with van der Waals surface area (Å²) in [6.07, 6.45) is 17.0. The number of hydrogen-bond donors (Lipinski definition) is 1. The van der Waals surface area contributed by atoms with Gasteiger partial charge in [0, 0.05) is 42.2 Å². The maximum Gasteiger partial charge on any atom is 0.222 e. The molecule has 1 aromatic heterocycles. The smallest absolute Gasteiger partial charge is 0.222 e.